The van der Waals surface area contributed by atoms with Crippen molar-refractivity contribution < 1.29 is 23.0 Å². The van der Waals surface area contributed by atoms with E-state index in [-0.39, 0.29) is 16.3 Å². The summed E-state index contributed by atoms with van der Waals surface area (Å²) < 4.78 is 33.1. The van der Waals surface area contributed by atoms with E-state index in [1.165, 1.54) is 21.3 Å². The Hall–Kier alpha value is -2.49. The molecule has 29 heavy (non-hydrogen) atoms. The molecule has 1 heterocycles. The molecule has 0 amide bonds. The van der Waals surface area contributed by atoms with Gasteiger partial charge in [-0.2, -0.15) is 4.31 Å². The summed E-state index contributed by atoms with van der Waals surface area (Å²) in [4.78, 5) is 12.2. The summed E-state index contributed by atoms with van der Waals surface area (Å²) in [5.74, 6) is 0.535. The van der Waals surface area contributed by atoms with Gasteiger partial charge in [0.25, 0.3) is 0 Å². The lowest BCUT2D eigenvalue weighted by Gasteiger charge is -2.29. The van der Waals surface area contributed by atoms with Crippen LogP contribution in [0.2, 0.25) is 0 Å². The Labute approximate surface area is 170 Å². The predicted octanol–water partition coefficient (Wildman–Crippen LogP) is 1.83. The quantitative estimate of drug-likeness (QED) is 0.588. The van der Waals surface area contributed by atoms with Crippen LogP contribution in [0.5, 0.6) is 11.5 Å². The summed E-state index contributed by atoms with van der Waals surface area (Å²) in [6.07, 6.45) is 0. The van der Waals surface area contributed by atoms with Crippen LogP contribution < -0.4 is 9.64 Å². The molecule has 1 N–H and O–H groups in total. The van der Waals surface area contributed by atoms with Crippen molar-refractivity contribution >= 4 is 15.7 Å². The first-order chi connectivity index (χ1) is 13.6. The highest BCUT2D eigenvalue weighted by atomic mass is 32.2. The molecular formula is C20H26N3O5S+. The lowest BCUT2D eigenvalue weighted by Crippen LogP contribution is -3.12. The molecule has 0 radical (unpaired) electrons. The van der Waals surface area contributed by atoms with Gasteiger partial charge in [-0.05, 0) is 55.7 Å². The molecule has 0 bridgehead atoms. The van der Waals surface area contributed by atoms with Crippen LogP contribution in [-0.4, -0.2) is 50.9 Å². The normalized spacial score (nSPS) is 16.0. The molecule has 1 aliphatic rings. The Bertz CT molecular complexity index is 1040. The van der Waals surface area contributed by atoms with Crippen LogP contribution in [0.4, 0.5) is 5.69 Å². The second-order valence-corrected chi connectivity index (χ2v) is 9.49. The Kier molecular flexibility index (Phi) is 5.92. The van der Waals surface area contributed by atoms with E-state index in [1.807, 2.05) is 40.0 Å². The molecule has 0 spiro atoms. The number of sulfonamides is 1. The molecule has 0 unspecified atom stereocenters. The first-order valence-corrected chi connectivity index (χ1v) is 10.9. The number of benzene rings is 2. The second kappa shape index (κ2) is 8.10. The van der Waals surface area contributed by atoms with Crippen LogP contribution in [0.25, 0.3) is 0 Å². The Morgan fingerprint density at radius 1 is 1.07 bits per heavy atom. The lowest BCUT2D eigenvalue weighted by atomic mass is 10.1. The zero-order valence-corrected chi connectivity index (χ0v) is 17.9. The summed E-state index contributed by atoms with van der Waals surface area (Å²) in [5.41, 5.74) is 2.49. The summed E-state index contributed by atoms with van der Waals surface area (Å²) in [7, 11) is -1.78. The van der Waals surface area contributed by atoms with E-state index < -0.39 is 14.9 Å². The van der Waals surface area contributed by atoms with Crippen LogP contribution >= 0.6 is 0 Å². The molecule has 9 heteroatoms. The van der Waals surface area contributed by atoms with Gasteiger partial charge in [0.2, 0.25) is 15.8 Å². The van der Waals surface area contributed by atoms with Gasteiger partial charge in [0.15, 0.2) is 0 Å². The Balaban J connectivity index is 1.97. The average molecular weight is 421 g/mol. The highest BCUT2D eigenvalue weighted by molar-refractivity contribution is 7.89. The van der Waals surface area contributed by atoms with Gasteiger partial charge in [-0.1, -0.05) is 6.07 Å². The van der Waals surface area contributed by atoms with Crippen molar-refractivity contribution in [3.8, 4) is 11.5 Å². The number of nitrogens with one attached hydrogen (secondary N) is 1. The van der Waals surface area contributed by atoms with Crippen molar-refractivity contribution in [1.82, 2.24) is 4.31 Å². The smallest absolute Gasteiger partial charge is 0.312 e. The Morgan fingerprint density at radius 3 is 2.34 bits per heavy atom. The van der Waals surface area contributed by atoms with Gasteiger partial charge in [0.05, 0.1) is 43.0 Å². The third-order valence-electron chi connectivity index (χ3n) is 5.32. The van der Waals surface area contributed by atoms with E-state index in [1.54, 1.807) is 0 Å². The number of piperazine rings is 1. The zero-order valence-electron chi connectivity index (χ0n) is 17.1. The van der Waals surface area contributed by atoms with Crippen LogP contribution in [0.1, 0.15) is 16.7 Å². The van der Waals surface area contributed by atoms with Gasteiger partial charge in [0, 0.05) is 6.07 Å². The van der Waals surface area contributed by atoms with Gasteiger partial charge in [-0.25, -0.2) is 8.42 Å². The molecule has 8 nitrogen and oxygen atoms in total. The first kappa shape index (κ1) is 21.2. The fourth-order valence-electron chi connectivity index (χ4n) is 3.37. The minimum absolute atomic E-state index is 0.0184. The van der Waals surface area contributed by atoms with Crippen molar-refractivity contribution in [3.63, 3.8) is 0 Å². The van der Waals surface area contributed by atoms with Gasteiger partial charge in [0.1, 0.15) is 5.75 Å². The Morgan fingerprint density at radius 2 is 1.72 bits per heavy atom. The highest BCUT2D eigenvalue weighted by Gasteiger charge is 2.31. The molecule has 0 aromatic heterocycles. The summed E-state index contributed by atoms with van der Waals surface area (Å²) in [6, 6.07) is 7.64. The van der Waals surface area contributed by atoms with Crippen LogP contribution in [0.3, 0.4) is 0 Å². The fourth-order valence-corrected chi connectivity index (χ4v) is 4.83. The predicted molar refractivity (Wildman–Crippen MR) is 109 cm³/mol. The number of likely N-dealkylation sites (N-methyl/N-ethyl adjacent to an activating group) is 1. The van der Waals surface area contributed by atoms with Gasteiger partial charge in [-0.15, -0.1) is 0 Å². The topological polar surface area (TPSA) is 94.2 Å². The van der Waals surface area contributed by atoms with Crippen molar-refractivity contribution in [3.05, 3.63) is 57.1 Å². The molecule has 0 saturated carbocycles. The average Bonchev–Trinajstić information content (AvgIpc) is 2.66. The number of rotatable bonds is 5. The number of nitro groups is 1. The van der Waals surface area contributed by atoms with E-state index in [0.717, 1.165) is 22.8 Å². The first-order valence-electron chi connectivity index (χ1n) is 9.45. The van der Waals surface area contributed by atoms with Gasteiger partial charge >= 0.3 is 5.69 Å². The molecule has 1 aliphatic heterocycles. The summed E-state index contributed by atoms with van der Waals surface area (Å²) in [6.45, 7) is 7.93. The fraction of sp³-hybridized carbons (Fsp3) is 0.400. The van der Waals surface area contributed by atoms with E-state index in [4.69, 9.17) is 4.74 Å². The molecular weight excluding hydrogens is 394 g/mol. The highest BCUT2D eigenvalue weighted by Crippen LogP contribution is 2.36. The van der Waals surface area contributed by atoms with E-state index in [9.17, 15) is 18.5 Å². The molecule has 2 aromatic carbocycles. The number of aryl methyl sites for hydroxylation is 2. The number of nitro benzene ring substituents is 1. The number of hydrogen-bond acceptors (Lipinski definition) is 5. The zero-order chi connectivity index (χ0) is 21.3. The molecule has 1 saturated heterocycles. The third-order valence-corrected chi connectivity index (χ3v) is 7.22. The van der Waals surface area contributed by atoms with Crippen molar-refractivity contribution in [2.45, 2.75) is 25.7 Å². The maximum absolute atomic E-state index is 12.9. The van der Waals surface area contributed by atoms with Crippen molar-refractivity contribution in [2.75, 3.05) is 33.2 Å². The largest absolute Gasteiger partial charge is 0.450 e. The van der Waals surface area contributed by atoms with Crippen LogP contribution in [0, 0.1) is 30.9 Å². The van der Waals surface area contributed by atoms with E-state index in [2.05, 4.69) is 0 Å². The minimum atomic E-state index is -3.79. The van der Waals surface area contributed by atoms with E-state index >= 15 is 0 Å². The maximum Gasteiger partial charge on any atom is 0.312 e. The monoisotopic (exact) mass is 420 g/mol. The van der Waals surface area contributed by atoms with Crippen molar-refractivity contribution in [1.29, 1.82) is 0 Å². The molecule has 156 valence electrons. The lowest BCUT2D eigenvalue weighted by molar-refractivity contribution is -0.883. The van der Waals surface area contributed by atoms with Crippen LogP contribution in [0.15, 0.2) is 35.2 Å². The molecule has 2 aromatic rings. The SMILES string of the molecule is Cc1cc(C)c(C)c(Oc2ccc(S(=O)(=O)N3CC[NH+](C)CC3)cc2[N+](=O)[O-])c1. The third kappa shape index (κ3) is 4.42. The van der Waals surface area contributed by atoms with Crippen molar-refractivity contribution in [2.24, 2.45) is 0 Å². The maximum atomic E-state index is 12.9. The molecule has 1 fully saturated rings. The molecule has 0 aliphatic carbocycles. The molecule has 3 rings (SSSR count). The van der Waals surface area contributed by atoms with Crippen LogP contribution in [-0.2, 0) is 10.0 Å². The summed E-state index contributed by atoms with van der Waals surface area (Å²) >= 11 is 0. The molecule has 0 atom stereocenters. The number of nitrogens with zero attached hydrogens (tertiary/aromatic N) is 2. The second-order valence-electron chi connectivity index (χ2n) is 7.55. The number of ether oxygens (including phenoxy) is 1. The number of hydrogen-bond donors (Lipinski definition) is 1. The number of quaternary nitrogens is 1. The van der Waals surface area contributed by atoms with E-state index in [0.29, 0.717) is 31.9 Å². The standard InChI is InChI=1S/C20H25N3O5S/c1-14-11-15(2)16(3)20(12-14)28-19-6-5-17(13-18(19)23(24)25)29(26,27)22-9-7-21(4)8-10-22/h5-6,11-13H,7-10H2,1-4H3/p+1. The summed E-state index contributed by atoms with van der Waals surface area (Å²) in [5, 5.41) is 11.6. The van der Waals surface area contributed by atoms with Gasteiger partial charge in [-0.3, -0.25) is 10.1 Å². The van der Waals surface area contributed by atoms with Gasteiger partial charge < -0.3 is 9.64 Å². The minimum Gasteiger partial charge on any atom is -0.450 e.